The van der Waals surface area contributed by atoms with Crippen molar-refractivity contribution in [3.8, 4) is 0 Å². The maximum Gasteiger partial charge on any atom is 0.303 e. The smallest absolute Gasteiger partial charge is 0.303 e. The summed E-state index contributed by atoms with van der Waals surface area (Å²) in [5.74, 6) is -1.43. The van der Waals surface area contributed by atoms with E-state index < -0.39 is 51.7 Å². The number of fused-ring (bicyclic) bond motifs is 3. The molecule has 3 saturated heterocycles. The second kappa shape index (κ2) is 5.41. The van der Waals surface area contributed by atoms with Crippen molar-refractivity contribution < 1.29 is 39.8 Å². The third-order valence-corrected chi connectivity index (χ3v) is 10.0. The van der Waals surface area contributed by atoms with Gasteiger partial charge in [-0.3, -0.25) is 4.79 Å². The Kier molecular flexibility index (Phi) is 3.80. The van der Waals surface area contributed by atoms with Crippen LogP contribution in [0.2, 0.25) is 0 Å². The Balaban J connectivity index is 0.00000193. The number of carbonyl (C=O) groups excluding carboxylic acids is 1. The average molecular weight is 427 g/mol. The molecule has 1 spiro atoms. The maximum absolute atomic E-state index is 12.2. The molecule has 0 unspecified atom stereocenters. The molecule has 7 rings (SSSR count). The molecule has 4 saturated carbocycles. The lowest BCUT2D eigenvalue weighted by molar-refractivity contribution is -0.243. The summed E-state index contributed by atoms with van der Waals surface area (Å²) >= 11 is 0. The molecule has 30 heavy (non-hydrogen) atoms. The highest BCUT2D eigenvalue weighted by Gasteiger charge is 2.86. The van der Waals surface area contributed by atoms with Crippen LogP contribution in [0.4, 0.5) is 0 Å². The van der Waals surface area contributed by atoms with Gasteiger partial charge in [-0.15, -0.1) is 0 Å². The Hall–Kier alpha value is -0.770. The molecular formula is C22H34O8. The standard InChI is InChI=1S/C22H32O7.H2O/c1-9(23)27-12-7-21-8-19(4)10(16(21)24)6-11(29-19)14(21)20(5,25)15-13-17(28-13)18(2,3)22(12,15)26;/h10-17,24-26H,6-8H2,1-5H3;1H2/t10-,11+,12-,13+,14+,15+,16-,17+,19+,20-,21+,22-;/m1./s1. The molecule has 0 radical (unpaired) electrons. The van der Waals surface area contributed by atoms with E-state index in [2.05, 4.69) is 0 Å². The van der Waals surface area contributed by atoms with Crippen molar-refractivity contribution in [1.82, 2.24) is 0 Å². The Labute approximate surface area is 176 Å². The molecule has 7 fully saturated rings. The highest BCUT2D eigenvalue weighted by Crippen LogP contribution is 2.76. The van der Waals surface area contributed by atoms with Crippen LogP contribution in [-0.4, -0.2) is 74.1 Å². The quantitative estimate of drug-likeness (QED) is 0.394. The number of aliphatic hydroxyl groups excluding tert-OH is 1. The van der Waals surface area contributed by atoms with E-state index in [4.69, 9.17) is 14.2 Å². The van der Waals surface area contributed by atoms with Gasteiger partial charge in [0.25, 0.3) is 0 Å². The minimum atomic E-state index is -1.45. The monoisotopic (exact) mass is 426 g/mol. The molecule has 0 aromatic rings. The van der Waals surface area contributed by atoms with Crippen molar-refractivity contribution in [2.24, 2.45) is 28.6 Å². The maximum atomic E-state index is 12.2. The van der Waals surface area contributed by atoms with Crippen LogP contribution >= 0.6 is 0 Å². The third kappa shape index (κ3) is 1.94. The Morgan fingerprint density at radius 3 is 2.40 bits per heavy atom. The van der Waals surface area contributed by atoms with Gasteiger partial charge in [0, 0.05) is 35.5 Å². The number of rotatable bonds is 1. The molecule has 4 aliphatic carbocycles. The second-order valence-corrected chi connectivity index (χ2v) is 11.7. The second-order valence-electron chi connectivity index (χ2n) is 11.7. The number of carbonyl (C=O) groups is 1. The molecule has 5 N–H and O–H groups in total. The summed E-state index contributed by atoms with van der Waals surface area (Å²) in [5.41, 5.74) is -4.59. The molecule has 8 heteroatoms. The fourth-order valence-corrected chi connectivity index (χ4v) is 9.18. The normalized spacial score (nSPS) is 63.3. The molecule has 8 nitrogen and oxygen atoms in total. The molecular weight excluding hydrogens is 392 g/mol. The van der Waals surface area contributed by atoms with E-state index in [1.807, 2.05) is 20.8 Å². The first-order valence-electron chi connectivity index (χ1n) is 10.9. The van der Waals surface area contributed by atoms with Crippen LogP contribution in [-0.2, 0) is 19.0 Å². The molecule has 0 aromatic heterocycles. The fraction of sp³-hybridized carbons (Fsp3) is 0.955. The molecule has 4 bridgehead atoms. The van der Waals surface area contributed by atoms with Crippen LogP contribution in [0.3, 0.4) is 0 Å². The highest BCUT2D eigenvalue weighted by molar-refractivity contribution is 5.66. The van der Waals surface area contributed by atoms with Gasteiger partial charge >= 0.3 is 5.97 Å². The first-order valence-corrected chi connectivity index (χ1v) is 10.9. The van der Waals surface area contributed by atoms with Crippen molar-refractivity contribution in [1.29, 1.82) is 0 Å². The summed E-state index contributed by atoms with van der Waals surface area (Å²) in [6.45, 7) is 9.04. The first-order chi connectivity index (χ1) is 13.3. The Morgan fingerprint density at radius 1 is 1.13 bits per heavy atom. The van der Waals surface area contributed by atoms with Crippen molar-refractivity contribution in [2.45, 2.75) is 101 Å². The summed E-state index contributed by atoms with van der Waals surface area (Å²) in [6.07, 6.45) is -0.505. The van der Waals surface area contributed by atoms with Crippen LogP contribution in [0, 0.1) is 28.6 Å². The van der Waals surface area contributed by atoms with Gasteiger partial charge in [-0.05, 0) is 33.1 Å². The topological polar surface area (TPSA) is 140 Å². The third-order valence-electron chi connectivity index (χ3n) is 10.0. The van der Waals surface area contributed by atoms with E-state index in [0.29, 0.717) is 19.3 Å². The lowest BCUT2D eigenvalue weighted by Gasteiger charge is -2.55. The van der Waals surface area contributed by atoms with Crippen molar-refractivity contribution >= 4 is 5.97 Å². The zero-order valence-corrected chi connectivity index (χ0v) is 18.2. The first kappa shape index (κ1) is 21.1. The minimum Gasteiger partial charge on any atom is -0.459 e. The van der Waals surface area contributed by atoms with Gasteiger partial charge in [-0.1, -0.05) is 13.8 Å². The zero-order chi connectivity index (χ0) is 20.9. The van der Waals surface area contributed by atoms with Gasteiger partial charge in [0.15, 0.2) is 0 Å². The van der Waals surface area contributed by atoms with Crippen LogP contribution < -0.4 is 0 Å². The van der Waals surface area contributed by atoms with E-state index in [9.17, 15) is 20.1 Å². The minimum absolute atomic E-state index is 0. The molecule has 3 aliphatic heterocycles. The van der Waals surface area contributed by atoms with Crippen LogP contribution in [0.25, 0.3) is 0 Å². The van der Waals surface area contributed by atoms with Gasteiger partial charge < -0.3 is 35.0 Å². The van der Waals surface area contributed by atoms with E-state index in [-0.39, 0.29) is 35.6 Å². The van der Waals surface area contributed by atoms with E-state index >= 15 is 0 Å². The fourth-order valence-electron chi connectivity index (χ4n) is 9.18. The highest BCUT2D eigenvalue weighted by atomic mass is 16.6. The van der Waals surface area contributed by atoms with Gasteiger partial charge in [0.2, 0.25) is 0 Å². The van der Waals surface area contributed by atoms with E-state index in [1.165, 1.54) is 6.92 Å². The van der Waals surface area contributed by atoms with Crippen LogP contribution in [0.1, 0.15) is 53.9 Å². The Bertz CT molecular complexity index is 811. The molecule has 3 heterocycles. The van der Waals surface area contributed by atoms with Gasteiger partial charge in [-0.2, -0.15) is 0 Å². The molecule has 0 amide bonds. The average Bonchev–Trinajstić information content (AvgIpc) is 3.24. The molecule has 12 atom stereocenters. The summed E-state index contributed by atoms with van der Waals surface area (Å²) in [7, 11) is 0. The van der Waals surface area contributed by atoms with Gasteiger partial charge in [0.1, 0.15) is 11.7 Å². The van der Waals surface area contributed by atoms with Crippen molar-refractivity contribution in [2.75, 3.05) is 0 Å². The number of ether oxygens (including phenoxy) is 3. The van der Waals surface area contributed by atoms with Gasteiger partial charge in [-0.25, -0.2) is 0 Å². The number of epoxide rings is 1. The summed E-state index contributed by atoms with van der Waals surface area (Å²) in [5, 5.41) is 35.8. The molecule has 7 aliphatic rings. The van der Waals surface area contributed by atoms with E-state index in [0.717, 1.165) is 0 Å². The summed E-state index contributed by atoms with van der Waals surface area (Å²) in [4.78, 5) is 12.1. The molecule has 170 valence electrons. The Morgan fingerprint density at radius 2 is 1.80 bits per heavy atom. The number of hydrogen-bond acceptors (Lipinski definition) is 7. The lowest BCUT2D eigenvalue weighted by Crippen LogP contribution is -2.65. The SMILES string of the molecule is CC(=O)O[C@@H]1C[C@@]23C[C@]4(C)O[C@@H](C[C@@H]4[C@H]2O)[C@H]3[C@@](C)(O)[C@@H]2[C@@H]3O[C@@H]3C(C)(C)[C@@]12O.O. The predicted molar refractivity (Wildman–Crippen MR) is 103 cm³/mol. The van der Waals surface area contributed by atoms with Crippen molar-refractivity contribution in [3.05, 3.63) is 0 Å². The number of aliphatic hydroxyl groups is 3. The zero-order valence-electron chi connectivity index (χ0n) is 18.2. The van der Waals surface area contributed by atoms with E-state index in [1.54, 1.807) is 6.92 Å². The van der Waals surface area contributed by atoms with Gasteiger partial charge in [0.05, 0.1) is 35.6 Å². The largest absolute Gasteiger partial charge is 0.459 e. The molecule has 0 aromatic carbocycles. The van der Waals surface area contributed by atoms with Crippen molar-refractivity contribution in [3.63, 3.8) is 0 Å². The summed E-state index contributed by atoms with van der Waals surface area (Å²) < 4.78 is 18.2. The number of esters is 1. The van der Waals surface area contributed by atoms with Crippen LogP contribution in [0.15, 0.2) is 0 Å². The number of hydrogen-bond donors (Lipinski definition) is 3. The summed E-state index contributed by atoms with van der Waals surface area (Å²) in [6, 6.07) is 0. The lowest BCUT2D eigenvalue weighted by atomic mass is 9.56. The van der Waals surface area contributed by atoms with Crippen LogP contribution in [0.5, 0.6) is 0 Å². The predicted octanol–water partition coefficient (Wildman–Crippen LogP) is -0.0528.